The fourth-order valence-corrected chi connectivity index (χ4v) is 3.76. The Kier molecular flexibility index (Phi) is 6.37. The van der Waals surface area contributed by atoms with Crippen molar-refractivity contribution >= 4 is 42.6 Å². The summed E-state index contributed by atoms with van der Waals surface area (Å²) in [7, 11) is 6.47. The van der Waals surface area contributed by atoms with E-state index in [-0.39, 0.29) is 0 Å². The molecule has 120 valence electrons. The van der Waals surface area contributed by atoms with E-state index in [1.165, 1.54) is 0 Å². The Morgan fingerprint density at radius 1 is 0.636 bits per heavy atom. The summed E-state index contributed by atoms with van der Waals surface area (Å²) in [6.45, 7) is 0. The summed E-state index contributed by atoms with van der Waals surface area (Å²) < 4.78 is 23.2. The fourth-order valence-electron chi connectivity index (χ4n) is 2.43. The van der Waals surface area contributed by atoms with E-state index < -0.39 is 12.6 Å². The number of hydrogen-bond donors (Lipinski definition) is 0. The van der Waals surface area contributed by atoms with Crippen molar-refractivity contribution < 1.29 is 18.9 Å². The maximum Gasteiger partial charge on any atom is 0.184 e. The second-order valence-corrected chi connectivity index (χ2v) is 6.23. The van der Waals surface area contributed by atoms with Crippen LogP contribution in [0.1, 0.15) is 23.7 Å². The highest BCUT2D eigenvalue weighted by Crippen LogP contribution is 2.39. The third-order valence-electron chi connectivity index (χ3n) is 3.49. The monoisotopic (exact) mass is 432 g/mol. The molecule has 0 amide bonds. The molecule has 2 rings (SSSR count). The molecule has 2 aromatic rings. The lowest BCUT2D eigenvalue weighted by Gasteiger charge is -2.19. The van der Waals surface area contributed by atoms with Gasteiger partial charge >= 0.3 is 0 Å². The number of ether oxygens (including phenoxy) is 4. The molecule has 0 aliphatic rings. The highest BCUT2D eigenvalue weighted by molar-refractivity contribution is 9.11. The number of fused-ring (bicyclic) bond motifs is 1. The van der Waals surface area contributed by atoms with Gasteiger partial charge < -0.3 is 18.9 Å². The smallest absolute Gasteiger partial charge is 0.184 e. The summed E-state index contributed by atoms with van der Waals surface area (Å²) in [6, 6.07) is 8.01. The third-order valence-corrected chi connectivity index (χ3v) is 5.26. The normalized spacial score (nSPS) is 11.8. The number of rotatable bonds is 6. The van der Waals surface area contributed by atoms with Gasteiger partial charge in [-0.05, 0) is 42.6 Å². The average molecular weight is 434 g/mol. The lowest BCUT2D eigenvalue weighted by Crippen LogP contribution is -2.06. The highest BCUT2D eigenvalue weighted by atomic mass is 79.9. The van der Waals surface area contributed by atoms with E-state index in [2.05, 4.69) is 31.9 Å². The minimum atomic E-state index is -0.414. The van der Waals surface area contributed by atoms with Gasteiger partial charge in [0.1, 0.15) is 0 Å². The van der Waals surface area contributed by atoms with Gasteiger partial charge in [-0.3, -0.25) is 0 Å². The van der Waals surface area contributed by atoms with Gasteiger partial charge in [0.05, 0.1) is 0 Å². The Labute approximate surface area is 146 Å². The topological polar surface area (TPSA) is 36.9 Å². The van der Waals surface area contributed by atoms with E-state index in [1.54, 1.807) is 28.4 Å². The molecule has 0 saturated carbocycles. The van der Waals surface area contributed by atoms with Crippen molar-refractivity contribution in [2.24, 2.45) is 0 Å². The fraction of sp³-hybridized carbons (Fsp3) is 0.375. The zero-order valence-corrected chi connectivity index (χ0v) is 16.0. The Balaban J connectivity index is 2.61. The van der Waals surface area contributed by atoms with Crippen molar-refractivity contribution in [1.29, 1.82) is 0 Å². The molecule has 0 spiro atoms. The molecule has 0 fully saturated rings. The molecule has 0 N–H and O–H groups in total. The van der Waals surface area contributed by atoms with Gasteiger partial charge in [0.25, 0.3) is 0 Å². The Morgan fingerprint density at radius 2 is 0.955 bits per heavy atom. The number of halogens is 2. The zero-order valence-electron chi connectivity index (χ0n) is 12.9. The van der Waals surface area contributed by atoms with Crippen molar-refractivity contribution in [3.8, 4) is 0 Å². The predicted octanol–water partition coefficient (Wildman–Crippen LogP) is 4.95. The van der Waals surface area contributed by atoms with Crippen LogP contribution < -0.4 is 0 Å². The van der Waals surface area contributed by atoms with E-state index in [0.29, 0.717) is 0 Å². The van der Waals surface area contributed by atoms with Gasteiger partial charge in [0.2, 0.25) is 0 Å². The van der Waals surface area contributed by atoms with E-state index in [9.17, 15) is 0 Å². The molecule has 0 aromatic heterocycles. The predicted molar refractivity (Wildman–Crippen MR) is 92.9 cm³/mol. The van der Waals surface area contributed by atoms with Crippen LogP contribution in [-0.4, -0.2) is 28.4 Å². The van der Waals surface area contributed by atoms with Gasteiger partial charge in [0, 0.05) is 48.5 Å². The molecule has 2 aromatic carbocycles. The first-order valence-corrected chi connectivity index (χ1v) is 8.19. The Morgan fingerprint density at radius 3 is 1.23 bits per heavy atom. The van der Waals surface area contributed by atoms with Gasteiger partial charge in [-0.15, -0.1) is 0 Å². The molecule has 0 bridgehead atoms. The molecular formula is C16H18Br2O4. The minimum Gasteiger partial charge on any atom is -0.352 e. The Hall–Kier alpha value is -0.500. The maximum absolute atomic E-state index is 5.34. The van der Waals surface area contributed by atoms with Crippen molar-refractivity contribution in [3.05, 3.63) is 44.3 Å². The molecule has 6 heteroatoms. The molecule has 0 atom stereocenters. The molecule has 0 heterocycles. The summed E-state index contributed by atoms with van der Waals surface area (Å²) in [5, 5.41) is 2.11. The van der Waals surface area contributed by atoms with Crippen LogP contribution in [0.4, 0.5) is 0 Å². The van der Waals surface area contributed by atoms with E-state index in [4.69, 9.17) is 18.9 Å². The molecule has 22 heavy (non-hydrogen) atoms. The lowest BCUT2D eigenvalue weighted by molar-refractivity contribution is -0.106. The molecule has 0 aliphatic carbocycles. The first-order valence-electron chi connectivity index (χ1n) is 6.60. The van der Waals surface area contributed by atoms with Crippen LogP contribution in [0.5, 0.6) is 0 Å². The van der Waals surface area contributed by atoms with Crippen LogP contribution in [0.25, 0.3) is 10.8 Å². The second-order valence-electron chi connectivity index (χ2n) is 4.64. The second kappa shape index (κ2) is 7.86. The summed E-state index contributed by atoms with van der Waals surface area (Å²) in [6.07, 6.45) is -0.828. The van der Waals surface area contributed by atoms with Gasteiger partial charge in [0.15, 0.2) is 12.6 Å². The first-order chi connectivity index (χ1) is 10.6. The van der Waals surface area contributed by atoms with Crippen LogP contribution in [0.2, 0.25) is 0 Å². The molecular weight excluding hydrogens is 416 g/mol. The molecule has 0 aliphatic heterocycles. The Bertz CT molecular complexity index is 595. The van der Waals surface area contributed by atoms with Crippen molar-refractivity contribution in [2.45, 2.75) is 12.6 Å². The maximum atomic E-state index is 5.34. The van der Waals surface area contributed by atoms with E-state index in [1.807, 2.05) is 24.3 Å². The standard InChI is InChI=1S/C16H18Br2O4/c1-19-15(20-2)11-7-5-10-9(13(11)17)6-8-12(14(10)18)16(21-3)22-4/h5-8,15-16H,1-4H3. The van der Waals surface area contributed by atoms with Crippen LogP contribution in [0, 0.1) is 0 Å². The summed E-state index contributed by atoms with van der Waals surface area (Å²) in [5.41, 5.74) is 1.87. The molecule has 0 radical (unpaired) electrons. The largest absolute Gasteiger partial charge is 0.352 e. The first kappa shape index (κ1) is 17.8. The van der Waals surface area contributed by atoms with Crippen molar-refractivity contribution in [3.63, 3.8) is 0 Å². The van der Waals surface area contributed by atoms with Crippen molar-refractivity contribution in [1.82, 2.24) is 0 Å². The quantitative estimate of drug-likeness (QED) is 0.604. The molecule has 0 unspecified atom stereocenters. The van der Waals surface area contributed by atoms with Crippen LogP contribution in [0.15, 0.2) is 33.2 Å². The minimum absolute atomic E-state index is 0.414. The SMILES string of the molecule is COC(OC)c1ccc2c(Br)c(C(OC)OC)ccc2c1Br. The summed E-state index contributed by atoms with van der Waals surface area (Å²) in [4.78, 5) is 0. The van der Waals surface area contributed by atoms with Gasteiger partial charge in [-0.2, -0.15) is 0 Å². The van der Waals surface area contributed by atoms with Gasteiger partial charge in [-0.25, -0.2) is 0 Å². The number of methoxy groups -OCH3 is 4. The van der Waals surface area contributed by atoms with E-state index in [0.717, 1.165) is 30.8 Å². The third kappa shape index (κ3) is 3.22. The zero-order chi connectivity index (χ0) is 16.3. The number of hydrogen-bond acceptors (Lipinski definition) is 4. The highest BCUT2D eigenvalue weighted by Gasteiger charge is 2.19. The summed E-state index contributed by atoms with van der Waals surface area (Å²) >= 11 is 7.30. The van der Waals surface area contributed by atoms with Crippen molar-refractivity contribution in [2.75, 3.05) is 28.4 Å². The average Bonchev–Trinajstić information content (AvgIpc) is 2.54. The van der Waals surface area contributed by atoms with Crippen LogP contribution in [-0.2, 0) is 18.9 Å². The van der Waals surface area contributed by atoms with Gasteiger partial charge in [-0.1, -0.05) is 24.3 Å². The van der Waals surface area contributed by atoms with Crippen LogP contribution in [0.3, 0.4) is 0 Å². The summed E-state index contributed by atoms with van der Waals surface area (Å²) in [5.74, 6) is 0. The van der Waals surface area contributed by atoms with Crippen LogP contribution >= 0.6 is 31.9 Å². The molecule has 0 saturated heterocycles. The molecule has 4 nitrogen and oxygen atoms in total. The van der Waals surface area contributed by atoms with E-state index >= 15 is 0 Å². The number of benzene rings is 2. The lowest BCUT2D eigenvalue weighted by atomic mass is 10.0.